The molecule has 4 nitrogen and oxygen atoms in total. The fourth-order valence-corrected chi connectivity index (χ4v) is 1.59. The lowest BCUT2D eigenvalue weighted by atomic mass is 10.2. The minimum atomic E-state index is 0.510. The Balaban J connectivity index is 2.46. The van der Waals surface area contributed by atoms with E-state index >= 15 is 0 Å². The number of H-pyrrole nitrogens is 1. The fourth-order valence-electron chi connectivity index (χ4n) is 1.59. The van der Waals surface area contributed by atoms with E-state index in [0.29, 0.717) is 11.4 Å². The van der Waals surface area contributed by atoms with E-state index in [9.17, 15) is 0 Å². The fraction of sp³-hybridized carbons (Fsp3) is 0.167. The molecule has 0 saturated heterocycles. The van der Waals surface area contributed by atoms with E-state index in [0.717, 1.165) is 17.1 Å². The maximum atomic E-state index is 8.73. The largest absolute Gasteiger partial charge is 0.411 e. The number of aromatic amines is 1. The lowest BCUT2D eigenvalue weighted by Gasteiger charge is -1.94. The van der Waals surface area contributed by atoms with Crippen molar-refractivity contribution in [2.75, 3.05) is 0 Å². The standard InChI is InChI=1S/C12H13N3O/c1-8-11(9(2)15-16)14-12(13-8)10-6-4-3-5-7-10/h3-7,16H,1-2H3,(H,13,14). The van der Waals surface area contributed by atoms with Crippen LogP contribution < -0.4 is 0 Å². The highest BCUT2D eigenvalue weighted by Gasteiger charge is 2.10. The number of aromatic nitrogens is 2. The summed E-state index contributed by atoms with van der Waals surface area (Å²) >= 11 is 0. The molecule has 0 bridgehead atoms. The molecule has 0 amide bonds. The number of rotatable bonds is 2. The molecule has 0 aliphatic rings. The number of nitrogens with zero attached hydrogens (tertiary/aromatic N) is 2. The van der Waals surface area contributed by atoms with Gasteiger partial charge in [-0.15, -0.1) is 0 Å². The van der Waals surface area contributed by atoms with Crippen molar-refractivity contribution in [2.45, 2.75) is 13.8 Å². The van der Waals surface area contributed by atoms with Crippen LogP contribution in [0.1, 0.15) is 18.3 Å². The maximum absolute atomic E-state index is 8.73. The molecule has 16 heavy (non-hydrogen) atoms. The maximum Gasteiger partial charge on any atom is 0.138 e. The van der Waals surface area contributed by atoms with Crippen molar-refractivity contribution in [1.82, 2.24) is 9.97 Å². The van der Waals surface area contributed by atoms with Crippen LogP contribution in [0, 0.1) is 6.92 Å². The molecule has 2 N–H and O–H groups in total. The predicted octanol–water partition coefficient (Wildman–Crippen LogP) is 2.58. The highest BCUT2D eigenvalue weighted by molar-refractivity contribution is 5.98. The normalized spacial score (nSPS) is 11.8. The Kier molecular flexibility index (Phi) is 2.72. The molecular formula is C12H13N3O. The second kappa shape index (κ2) is 4.18. The van der Waals surface area contributed by atoms with Crippen LogP contribution in [0.2, 0.25) is 0 Å². The number of hydrogen-bond acceptors (Lipinski definition) is 3. The van der Waals surface area contributed by atoms with Crippen LogP contribution in [0.25, 0.3) is 11.4 Å². The van der Waals surface area contributed by atoms with E-state index in [4.69, 9.17) is 5.21 Å². The first kappa shape index (κ1) is 10.4. The number of hydrogen-bond donors (Lipinski definition) is 2. The minimum absolute atomic E-state index is 0.510. The van der Waals surface area contributed by atoms with E-state index in [1.54, 1.807) is 6.92 Å². The van der Waals surface area contributed by atoms with E-state index in [1.807, 2.05) is 37.3 Å². The number of aryl methyl sites for hydroxylation is 1. The summed E-state index contributed by atoms with van der Waals surface area (Å²) in [5.41, 5.74) is 3.12. The van der Waals surface area contributed by atoms with Gasteiger partial charge in [-0.1, -0.05) is 35.5 Å². The molecular weight excluding hydrogens is 202 g/mol. The van der Waals surface area contributed by atoms with Crippen molar-refractivity contribution in [3.63, 3.8) is 0 Å². The highest BCUT2D eigenvalue weighted by Crippen LogP contribution is 2.17. The molecule has 0 spiro atoms. The Morgan fingerprint density at radius 2 is 2.00 bits per heavy atom. The Morgan fingerprint density at radius 3 is 2.62 bits per heavy atom. The van der Waals surface area contributed by atoms with E-state index in [-0.39, 0.29) is 0 Å². The molecule has 1 heterocycles. The third-order valence-corrected chi connectivity index (χ3v) is 2.42. The zero-order valence-electron chi connectivity index (χ0n) is 9.23. The van der Waals surface area contributed by atoms with Crippen LogP contribution in [0.15, 0.2) is 35.5 Å². The SMILES string of the molecule is CC(=NO)c1nc(-c2ccccc2)[nH]c1C. The van der Waals surface area contributed by atoms with Gasteiger partial charge in [0.05, 0.1) is 0 Å². The smallest absolute Gasteiger partial charge is 0.138 e. The second-order valence-corrected chi connectivity index (χ2v) is 3.61. The van der Waals surface area contributed by atoms with Crippen molar-refractivity contribution in [1.29, 1.82) is 0 Å². The summed E-state index contributed by atoms with van der Waals surface area (Å²) in [6.45, 7) is 3.63. The van der Waals surface area contributed by atoms with Gasteiger partial charge in [0.1, 0.15) is 17.2 Å². The van der Waals surface area contributed by atoms with Gasteiger partial charge in [-0.25, -0.2) is 4.98 Å². The molecule has 0 aliphatic heterocycles. The van der Waals surface area contributed by atoms with Crippen molar-refractivity contribution >= 4 is 5.71 Å². The first-order chi connectivity index (χ1) is 7.72. The molecule has 0 fully saturated rings. The van der Waals surface area contributed by atoms with Crippen LogP contribution in [-0.2, 0) is 0 Å². The van der Waals surface area contributed by atoms with Crippen LogP contribution >= 0.6 is 0 Å². The number of imidazole rings is 1. The van der Waals surface area contributed by atoms with Gasteiger partial charge in [0, 0.05) is 11.3 Å². The Hall–Kier alpha value is -2.10. The summed E-state index contributed by atoms with van der Waals surface area (Å²) in [6.07, 6.45) is 0. The van der Waals surface area contributed by atoms with Crippen LogP contribution in [0.5, 0.6) is 0 Å². The average molecular weight is 215 g/mol. The quantitative estimate of drug-likeness (QED) is 0.459. The summed E-state index contributed by atoms with van der Waals surface area (Å²) in [7, 11) is 0. The molecule has 0 radical (unpaired) electrons. The minimum Gasteiger partial charge on any atom is -0.411 e. The van der Waals surface area contributed by atoms with Gasteiger partial charge in [-0.2, -0.15) is 0 Å². The van der Waals surface area contributed by atoms with Crippen LogP contribution in [0.3, 0.4) is 0 Å². The van der Waals surface area contributed by atoms with Crippen molar-refractivity contribution < 1.29 is 5.21 Å². The van der Waals surface area contributed by atoms with Crippen molar-refractivity contribution in [2.24, 2.45) is 5.16 Å². The van der Waals surface area contributed by atoms with Gasteiger partial charge >= 0.3 is 0 Å². The molecule has 0 aliphatic carbocycles. The topological polar surface area (TPSA) is 61.3 Å². The zero-order chi connectivity index (χ0) is 11.5. The summed E-state index contributed by atoms with van der Waals surface area (Å²) in [5, 5.41) is 11.9. The van der Waals surface area contributed by atoms with Gasteiger partial charge in [0.25, 0.3) is 0 Å². The van der Waals surface area contributed by atoms with Crippen LogP contribution in [0.4, 0.5) is 0 Å². The van der Waals surface area contributed by atoms with E-state index in [2.05, 4.69) is 15.1 Å². The van der Waals surface area contributed by atoms with E-state index in [1.165, 1.54) is 0 Å². The Morgan fingerprint density at radius 1 is 1.31 bits per heavy atom. The molecule has 1 aromatic heterocycles. The van der Waals surface area contributed by atoms with Gasteiger partial charge in [-0.05, 0) is 13.8 Å². The molecule has 2 aromatic rings. The number of nitrogens with one attached hydrogen (secondary N) is 1. The zero-order valence-corrected chi connectivity index (χ0v) is 9.23. The molecule has 0 unspecified atom stereocenters. The molecule has 0 saturated carbocycles. The van der Waals surface area contributed by atoms with Crippen LogP contribution in [-0.4, -0.2) is 20.9 Å². The third kappa shape index (κ3) is 1.82. The number of benzene rings is 1. The summed E-state index contributed by atoms with van der Waals surface area (Å²) in [5.74, 6) is 0.788. The van der Waals surface area contributed by atoms with Crippen molar-refractivity contribution in [3.8, 4) is 11.4 Å². The Bertz CT molecular complexity index is 514. The molecule has 82 valence electrons. The monoisotopic (exact) mass is 215 g/mol. The predicted molar refractivity (Wildman–Crippen MR) is 62.8 cm³/mol. The van der Waals surface area contributed by atoms with Gasteiger partial charge in [0.15, 0.2) is 0 Å². The molecule has 4 heteroatoms. The number of oxime groups is 1. The first-order valence-electron chi connectivity index (χ1n) is 5.03. The summed E-state index contributed by atoms with van der Waals surface area (Å²) in [4.78, 5) is 7.58. The van der Waals surface area contributed by atoms with Crippen molar-refractivity contribution in [3.05, 3.63) is 41.7 Å². The summed E-state index contributed by atoms with van der Waals surface area (Å²) < 4.78 is 0. The average Bonchev–Trinajstić information content (AvgIpc) is 2.71. The first-order valence-corrected chi connectivity index (χ1v) is 5.03. The molecule has 0 atom stereocenters. The lowest BCUT2D eigenvalue weighted by molar-refractivity contribution is 0.319. The van der Waals surface area contributed by atoms with Gasteiger partial charge in [0.2, 0.25) is 0 Å². The second-order valence-electron chi connectivity index (χ2n) is 3.61. The van der Waals surface area contributed by atoms with Gasteiger partial charge < -0.3 is 10.2 Å². The molecule has 1 aromatic carbocycles. The third-order valence-electron chi connectivity index (χ3n) is 2.42. The molecule has 2 rings (SSSR count). The highest BCUT2D eigenvalue weighted by atomic mass is 16.4. The summed E-state index contributed by atoms with van der Waals surface area (Å²) in [6, 6.07) is 9.83. The van der Waals surface area contributed by atoms with Gasteiger partial charge in [-0.3, -0.25) is 0 Å². The van der Waals surface area contributed by atoms with E-state index < -0.39 is 0 Å². The Labute approximate surface area is 93.7 Å². The lowest BCUT2D eigenvalue weighted by Crippen LogP contribution is -1.97.